The molecule has 0 aliphatic carbocycles. The van der Waals surface area contributed by atoms with E-state index in [-0.39, 0.29) is 23.1 Å². The Morgan fingerprint density at radius 2 is 2.24 bits per heavy atom. The molecule has 1 aliphatic heterocycles. The lowest BCUT2D eigenvalue weighted by molar-refractivity contribution is 0.0696. The van der Waals surface area contributed by atoms with Crippen LogP contribution in [-0.2, 0) is 9.84 Å². The largest absolute Gasteiger partial charge is 0.478 e. The molecule has 92 valence electrons. The van der Waals surface area contributed by atoms with Crippen molar-refractivity contribution in [3.63, 3.8) is 0 Å². The van der Waals surface area contributed by atoms with Crippen LogP contribution in [0.5, 0.6) is 0 Å². The van der Waals surface area contributed by atoms with Gasteiger partial charge >= 0.3 is 5.97 Å². The number of rotatable bonds is 3. The molecule has 0 spiro atoms. The van der Waals surface area contributed by atoms with Crippen LogP contribution >= 0.6 is 0 Å². The molecule has 1 saturated heterocycles. The van der Waals surface area contributed by atoms with E-state index < -0.39 is 15.8 Å². The lowest BCUT2D eigenvalue weighted by Gasteiger charge is -2.10. The fourth-order valence-electron chi connectivity index (χ4n) is 1.72. The maximum absolute atomic E-state index is 11.2. The number of carboxylic acids is 1. The van der Waals surface area contributed by atoms with Crippen molar-refractivity contribution in [3.05, 3.63) is 23.9 Å². The summed E-state index contributed by atoms with van der Waals surface area (Å²) in [5.74, 6) is -0.239. The summed E-state index contributed by atoms with van der Waals surface area (Å²) in [6, 6.07) is 2.83. The zero-order valence-electron chi connectivity index (χ0n) is 8.96. The van der Waals surface area contributed by atoms with E-state index in [0.29, 0.717) is 12.2 Å². The van der Waals surface area contributed by atoms with Crippen molar-refractivity contribution < 1.29 is 18.3 Å². The quantitative estimate of drug-likeness (QED) is 0.811. The number of pyridine rings is 1. The number of nitrogens with zero attached hydrogens (tertiary/aromatic N) is 1. The number of sulfone groups is 1. The molecular formula is C10H12N2O4S. The maximum atomic E-state index is 11.2. The molecule has 7 heteroatoms. The van der Waals surface area contributed by atoms with Gasteiger partial charge in [-0.15, -0.1) is 0 Å². The third kappa shape index (κ3) is 2.94. The van der Waals surface area contributed by atoms with Gasteiger partial charge in [0.05, 0.1) is 17.1 Å². The maximum Gasteiger partial charge on any atom is 0.337 e. The van der Waals surface area contributed by atoms with Gasteiger partial charge in [-0.3, -0.25) is 0 Å². The molecule has 1 aromatic heterocycles. The summed E-state index contributed by atoms with van der Waals surface area (Å²) in [5.41, 5.74) is 0.106. The molecule has 17 heavy (non-hydrogen) atoms. The minimum absolute atomic E-state index is 0.106. The molecular weight excluding hydrogens is 244 g/mol. The summed E-state index contributed by atoms with van der Waals surface area (Å²) in [6.07, 6.45) is 1.80. The Morgan fingerprint density at radius 1 is 1.47 bits per heavy atom. The average molecular weight is 256 g/mol. The molecule has 2 heterocycles. The van der Waals surface area contributed by atoms with Gasteiger partial charge in [-0.05, 0) is 18.6 Å². The highest BCUT2D eigenvalue weighted by atomic mass is 32.2. The summed E-state index contributed by atoms with van der Waals surface area (Å²) in [7, 11) is -2.92. The zero-order valence-corrected chi connectivity index (χ0v) is 9.77. The van der Waals surface area contributed by atoms with E-state index in [1.807, 2.05) is 0 Å². The van der Waals surface area contributed by atoms with Gasteiger partial charge in [0.25, 0.3) is 0 Å². The number of hydrogen-bond acceptors (Lipinski definition) is 5. The number of carbonyl (C=O) groups is 1. The first-order valence-corrected chi connectivity index (χ1v) is 6.95. The van der Waals surface area contributed by atoms with Gasteiger partial charge < -0.3 is 10.4 Å². The molecule has 2 N–H and O–H groups in total. The number of aromatic carboxylic acids is 1. The van der Waals surface area contributed by atoms with Crippen molar-refractivity contribution in [3.8, 4) is 0 Å². The van der Waals surface area contributed by atoms with E-state index in [0.717, 1.165) is 0 Å². The highest BCUT2D eigenvalue weighted by molar-refractivity contribution is 7.91. The second kappa shape index (κ2) is 4.33. The molecule has 1 fully saturated rings. The van der Waals surface area contributed by atoms with Crippen LogP contribution in [0.1, 0.15) is 16.8 Å². The number of nitrogens with one attached hydrogen (secondary N) is 1. The van der Waals surface area contributed by atoms with Crippen LogP contribution in [0.25, 0.3) is 0 Å². The van der Waals surface area contributed by atoms with Gasteiger partial charge in [0.1, 0.15) is 5.82 Å². The van der Waals surface area contributed by atoms with Crippen LogP contribution in [0.3, 0.4) is 0 Å². The molecule has 1 aromatic rings. The number of aromatic nitrogens is 1. The van der Waals surface area contributed by atoms with Gasteiger partial charge in [-0.2, -0.15) is 0 Å². The molecule has 1 atom stereocenters. The summed E-state index contributed by atoms with van der Waals surface area (Å²) in [6.45, 7) is 0. The second-order valence-corrected chi connectivity index (χ2v) is 6.21. The molecule has 0 radical (unpaired) electrons. The smallest absolute Gasteiger partial charge is 0.337 e. The minimum Gasteiger partial charge on any atom is -0.478 e. The minimum atomic E-state index is -2.92. The molecule has 0 saturated carbocycles. The third-order valence-corrected chi connectivity index (χ3v) is 4.36. The lowest BCUT2D eigenvalue weighted by atomic mass is 10.2. The van der Waals surface area contributed by atoms with E-state index in [9.17, 15) is 13.2 Å². The van der Waals surface area contributed by atoms with Crippen LogP contribution in [-0.4, -0.2) is 42.0 Å². The van der Waals surface area contributed by atoms with E-state index in [2.05, 4.69) is 10.3 Å². The number of carboxylic acid groups (broad SMARTS) is 1. The summed E-state index contributed by atoms with van der Waals surface area (Å²) in [4.78, 5) is 14.5. The molecule has 1 aliphatic rings. The van der Waals surface area contributed by atoms with Gasteiger partial charge in [0.15, 0.2) is 9.84 Å². The van der Waals surface area contributed by atoms with E-state index in [1.165, 1.54) is 18.3 Å². The number of anilines is 1. The van der Waals surface area contributed by atoms with Crippen molar-refractivity contribution in [2.24, 2.45) is 0 Å². The van der Waals surface area contributed by atoms with Crippen molar-refractivity contribution in [1.82, 2.24) is 4.98 Å². The fraction of sp³-hybridized carbons (Fsp3) is 0.400. The van der Waals surface area contributed by atoms with E-state index in [4.69, 9.17) is 5.11 Å². The topological polar surface area (TPSA) is 96.4 Å². The monoisotopic (exact) mass is 256 g/mol. The summed E-state index contributed by atoms with van der Waals surface area (Å²) < 4.78 is 22.5. The predicted octanol–water partition coefficient (Wildman–Crippen LogP) is 0.379. The summed E-state index contributed by atoms with van der Waals surface area (Å²) >= 11 is 0. The van der Waals surface area contributed by atoms with Crippen LogP contribution in [0.2, 0.25) is 0 Å². The van der Waals surface area contributed by atoms with Crippen LogP contribution in [0.4, 0.5) is 5.82 Å². The average Bonchev–Trinajstić information content (AvgIpc) is 2.59. The Balaban J connectivity index is 2.03. The van der Waals surface area contributed by atoms with E-state index in [1.54, 1.807) is 0 Å². The predicted molar refractivity (Wildman–Crippen MR) is 61.9 cm³/mol. The van der Waals surface area contributed by atoms with Crippen LogP contribution < -0.4 is 5.32 Å². The van der Waals surface area contributed by atoms with Crippen molar-refractivity contribution in [1.29, 1.82) is 0 Å². The molecule has 1 unspecified atom stereocenters. The first-order chi connectivity index (χ1) is 7.96. The molecule has 2 rings (SSSR count). The standard InChI is InChI=1S/C10H12N2O4S/c13-10(14)7-1-2-9(11-5-7)12-8-3-4-17(15,16)6-8/h1-2,5,8H,3-4,6H2,(H,11,12)(H,13,14). The SMILES string of the molecule is O=C(O)c1ccc(NC2CCS(=O)(=O)C2)nc1. The Labute approximate surface area is 98.6 Å². The Bertz CT molecular complexity index is 524. The Hall–Kier alpha value is -1.63. The fourth-order valence-corrected chi connectivity index (χ4v) is 3.40. The number of hydrogen-bond donors (Lipinski definition) is 2. The third-order valence-electron chi connectivity index (χ3n) is 2.59. The molecule has 0 aromatic carbocycles. The zero-order chi connectivity index (χ0) is 12.5. The first-order valence-electron chi connectivity index (χ1n) is 5.12. The molecule has 0 bridgehead atoms. The van der Waals surface area contributed by atoms with Crippen LogP contribution in [0, 0.1) is 0 Å². The van der Waals surface area contributed by atoms with Gasteiger partial charge in [-0.25, -0.2) is 18.2 Å². The van der Waals surface area contributed by atoms with Gasteiger partial charge in [0, 0.05) is 12.2 Å². The van der Waals surface area contributed by atoms with Crippen LogP contribution in [0.15, 0.2) is 18.3 Å². The molecule has 6 nitrogen and oxygen atoms in total. The lowest BCUT2D eigenvalue weighted by Crippen LogP contribution is -2.21. The first kappa shape index (κ1) is 11.8. The Morgan fingerprint density at radius 3 is 2.71 bits per heavy atom. The van der Waals surface area contributed by atoms with Crippen molar-refractivity contribution in [2.75, 3.05) is 16.8 Å². The van der Waals surface area contributed by atoms with Crippen molar-refractivity contribution in [2.45, 2.75) is 12.5 Å². The summed E-state index contributed by atoms with van der Waals surface area (Å²) in [5, 5.41) is 11.7. The molecule has 0 amide bonds. The Kier molecular flexibility index (Phi) is 3.01. The van der Waals surface area contributed by atoms with Gasteiger partial charge in [-0.1, -0.05) is 0 Å². The highest BCUT2D eigenvalue weighted by Gasteiger charge is 2.27. The normalized spacial score (nSPS) is 22.2. The van der Waals surface area contributed by atoms with Crippen molar-refractivity contribution >= 4 is 21.6 Å². The second-order valence-electron chi connectivity index (χ2n) is 3.98. The van der Waals surface area contributed by atoms with Gasteiger partial charge in [0.2, 0.25) is 0 Å². The highest BCUT2D eigenvalue weighted by Crippen LogP contribution is 2.16. The van der Waals surface area contributed by atoms with E-state index >= 15 is 0 Å².